The molecule has 0 fully saturated rings. The van der Waals surface area contributed by atoms with Gasteiger partial charge in [-0.05, 0) is 6.92 Å². The number of carboxylic acids is 1. The molecule has 12 heavy (non-hydrogen) atoms. The van der Waals surface area contributed by atoms with E-state index in [-0.39, 0.29) is 0 Å². The van der Waals surface area contributed by atoms with Gasteiger partial charge in [-0.1, -0.05) is 0 Å². The molecule has 0 amide bonds. The van der Waals surface area contributed by atoms with Gasteiger partial charge in [0.1, 0.15) is 12.2 Å². The molecule has 0 aliphatic carbocycles. The molecule has 0 rings (SSSR count). The summed E-state index contributed by atoms with van der Waals surface area (Å²) in [5.41, 5.74) is 0. The second-order valence-corrected chi connectivity index (χ2v) is 2.50. The number of hydrogen-bond acceptors (Lipinski definition) is 5. The number of aliphatic carboxylic acids is 1. The van der Waals surface area contributed by atoms with Crippen LogP contribution in [0.15, 0.2) is 0 Å². The van der Waals surface area contributed by atoms with Gasteiger partial charge in [-0.2, -0.15) is 0 Å². The zero-order chi connectivity index (χ0) is 9.89. The van der Waals surface area contributed by atoms with E-state index >= 15 is 0 Å². The summed E-state index contributed by atoms with van der Waals surface area (Å²) >= 11 is 0. The Labute approximate surface area is 68.7 Å². The lowest BCUT2D eigenvalue weighted by Gasteiger charge is -2.21. The van der Waals surface area contributed by atoms with Gasteiger partial charge in [0.15, 0.2) is 6.10 Å². The van der Waals surface area contributed by atoms with Crippen molar-refractivity contribution in [2.24, 2.45) is 0 Å². The van der Waals surface area contributed by atoms with E-state index in [4.69, 9.17) is 25.5 Å². The second kappa shape index (κ2) is 4.36. The highest BCUT2D eigenvalue weighted by atomic mass is 16.4. The highest BCUT2D eigenvalue weighted by Crippen LogP contribution is 2.04. The zero-order valence-corrected chi connectivity index (χ0v) is 6.45. The Kier molecular flexibility index (Phi) is 4.11. The Hall–Kier alpha value is -0.690. The third-order valence-electron chi connectivity index (χ3n) is 1.42. The SMILES string of the molecule is C[C@@H](O)[C@@H](O)[C@H](O)[C@@H](O)C(=O)O. The van der Waals surface area contributed by atoms with E-state index in [1.807, 2.05) is 0 Å². The maximum absolute atomic E-state index is 10.1. The van der Waals surface area contributed by atoms with Gasteiger partial charge >= 0.3 is 5.97 Å². The van der Waals surface area contributed by atoms with E-state index < -0.39 is 30.4 Å². The van der Waals surface area contributed by atoms with Crippen LogP contribution in [0.2, 0.25) is 0 Å². The van der Waals surface area contributed by atoms with Crippen LogP contribution in [0.25, 0.3) is 0 Å². The van der Waals surface area contributed by atoms with Crippen molar-refractivity contribution in [1.82, 2.24) is 0 Å². The fourth-order valence-electron chi connectivity index (χ4n) is 0.618. The molecule has 0 aliphatic rings. The smallest absolute Gasteiger partial charge is 0.335 e. The number of carboxylic acid groups (broad SMARTS) is 1. The lowest BCUT2D eigenvalue weighted by Crippen LogP contribution is -2.46. The molecule has 5 N–H and O–H groups in total. The van der Waals surface area contributed by atoms with Crippen LogP contribution in [0.5, 0.6) is 0 Å². The molecular weight excluding hydrogens is 168 g/mol. The molecule has 0 heterocycles. The van der Waals surface area contributed by atoms with E-state index in [1.165, 1.54) is 6.92 Å². The van der Waals surface area contributed by atoms with Crippen LogP contribution in [0.3, 0.4) is 0 Å². The molecule has 6 heteroatoms. The normalized spacial score (nSPS) is 21.1. The van der Waals surface area contributed by atoms with Crippen LogP contribution in [0, 0.1) is 0 Å². The topological polar surface area (TPSA) is 118 Å². The first-order chi connectivity index (χ1) is 5.37. The Bertz CT molecular complexity index is 156. The first kappa shape index (κ1) is 11.3. The molecule has 0 aromatic rings. The zero-order valence-electron chi connectivity index (χ0n) is 6.45. The van der Waals surface area contributed by atoms with Gasteiger partial charge in [0.25, 0.3) is 0 Å². The standard InChI is InChI=1S/C6H12O6/c1-2(7)3(8)4(9)5(10)6(11)12/h2-5,7-10H,1H3,(H,11,12)/t2-,3-,4+,5-/m1/s1. The van der Waals surface area contributed by atoms with E-state index in [0.29, 0.717) is 0 Å². The molecule has 0 unspecified atom stereocenters. The van der Waals surface area contributed by atoms with Gasteiger partial charge in [-0.3, -0.25) is 0 Å². The Morgan fingerprint density at radius 3 is 1.75 bits per heavy atom. The average molecular weight is 180 g/mol. The molecule has 6 nitrogen and oxygen atoms in total. The molecule has 0 aromatic carbocycles. The number of aliphatic hydroxyl groups excluding tert-OH is 4. The number of rotatable bonds is 4. The van der Waals surface area contributed by atoms with Crippen molar-refractivity contribution in [2.75, 3.05) is 0 Å². The van der Waals surface area contributed by atoms with Crippen LogP contribution in [-0.2, 0) is 4.79 Å². The molecule has 72 valence electrons. The third-order valence-corrected chi connectivity index (χ3v) is 1.42. The van der Waals surface area contributed by atoms with Gasteiger partial charge in [-0.15, -0.1) is 0 Å². The van der Waals surface area contributed by atoms with Crippen LogP contribution in [0.1, 0.15) is 6.92 Å². The summed E-state index contributed by atoms with van der Waals surface area (Å²) in [6.45, 7) is 1.17. The van der Waals surface area contributed by atoms with Crippen molar-refractivity contribution < 1.29 is 30.3 Å². The Balaban J connectivity index is 4.18. The molecule has 0 saturated carbocycles. The second-order valence-electron chi connectivity index (χ2n) is 2.50. The molecule has 4 atom stereocenters. The van der Waals surface area contributed by atoms with Crippen LogP contribution < -0.4 is 0 Å². The molecule has 0 spiro atoms. The Morgan fingerprint density at radius 1 is 1.08 bits per heavy atom. The minimum absolute atomic E-state index is 1.17. The summed E-state index contributed by atoms with van der Waals surface area (Å²) in [7, 11) is 0. The van der Waals surface area contributed by atoms with Crippen molar-refractivity contribution in [3.05, 3.63) is 0 Å². The fourth-order valence-corrected chi connectivity index (χ4v) is 0.618. The maximum Gasteiger partial charge on any atom is 0.335 e. The van der Waals surface area contributed by atoms with Crippen molar-refractivity contribution in [3.8, 4) is 0 Å². The van der Waals surface area contributed by atoms with E-state index in [1.54, 1.807) is 0 Å². The van der Waals surface area contributed by atoms with Crippen molar-refractivity contribution in [2.45, 2.75) is 31.3 Å². The molecule has 0 saturated heterocycles. The van der Waals surface area contributed by atoms with Crippen molar-refractivity contribution in [1.29, 1.82) is 0 Å². The average Bonchev–Trinajstić information content (AvgIpc) is 2.00. The largest absolute Gasteiger partial charge is 0.479 e. The summed E-state index contributed by atoms with van der Waals surface area (Å²) < 4.78 is 0. The minimum Gasteiger partial charge on any atom is -0.479 e. The first-order valence-corrected chi connectivity index (χ1v) is 3.33. The fraction of sp³-hybridized carbons (Fsp3) is 0.833. The summed E-state index contributed by atoms with van der Waals surface area (Å²) in [5, 5.41) is 43.4. The highest BCUT2D eigenvalue weighted by molar-refractivity contribution is 5.72. The third kappa shape index (κ3) is 2.74. The molecule has 0 aliphatic heterocycles. The lowest BCUT2D eigenvalue weighted by atomic mass is 10.0. The lowest BCUT2D eigenvalue weighted by molar-refractivity contribution is -0.162. The van der Waals surface area contributed by atoms with Crippen LogP contribution in [-0.4, -0.2) is 55.9 Å². The Morgan fingerprint density at radius 2 is 1.50 bits per heavy atom. The minimum atomic E-state index is -2.09. The monoisotopic (exact) mass is 180 g/mol. The summed E-state index contributed by atoms with van der Waals surface area (Å²) in [4.78, 5) is 10.1. The van der Waals surface area contributed by atoms with Gasteiger partial charge in [0, 0.05) is 0 Å². The number of carbonyl (C=O) groups is 1. The van der Waals surface area contributed by atoms with Gasteiger partial charge < -0.3 is 25.5 Å². The van der Waals surface area contributed by atoms with Crippen molar-refractivity contribution in [3.63, 3.8) is 0 Å². The maximum atomic E-state index is 10.1. The molecule has 0 aromatic heterocycles. The number of hydrogen-bond donors (Lipinski definition) is 5. The summed E-state index contributed by atoms with van der Waals surface area (Å²) in [6.07, 6.45) is -6.94. The predicted octanol–water partition coefficient (Wildman–Crippen LogP) is -2.47. The van der Waals surface area contributed by atoms with Gasteiger partial charge in [0.05, 0.1) is 6.10 Å². The predicted molar refractivity (Wildman–Crippen MR) is 37.3 cm³/mol. The first-order valence-electron chi connectivity index (χ1n) is 3.33. The van der Waals surface area contributed by atoms with Crippen LogP contribution in [0.4, 0.5) is 0 Å². The van der Waals surface area contributed by atoms with E-state index in [9.17, 15) is 4.79 Å². The molecule has 0 radical (unpaired) electrons. The van der Waals surface area contributed by atoms with E-state index in [0.717, 1.165) is 0 Å². The quantitative estimate of drug-likeness (QED) is 0.327. The molecule has 0 bridgehead atoms. The van der Waals surface area contributed by atoms with Gasteiger partial charge in [0.2, 0.25) is 0 Å². The van der Waals surface area contributed by atoms with E-state index in [2.05, 4.69) is 0 Å². The summed E-state index contributed by atoms with van der Waals surface area (Å²) in [6, 6.07) is 0. The number of aliphatic hydroxyl groups is 4. The highest BCUT2D eigenvalue weighted by Gasteiger charge is 2.32. The molecular formula is C6H12O6. The van der Waals surface area contributed by atoms with Gasteiger partial charge in [-0.25, -0.2) is 4.79 Å². The summed E-state index contributed by atoms with van der Waals surface area (Å²) in [5.74, 6) is -1.65. The van der Waals surface area contributed by atoms with Crippen molar-refractivity contribution >= 4 is 5.97 Å². The van der Waals surface area contributed by atoms with Crippen LogP contribution >= 0.6 is 0 Å².